The van der Waals surface area contributed by atoms with E-state index < -0.39 is 5.97 Å². The van der Waals surface area contributed by atoms with Crippen molar-refractivity contribution in [3.05, 3.63) is 29.7 Å². The predicted octanol–water partition coefficient (Wildman–Crippen LogP) is 4.29. The van der Waals surface area contributed by atoms with Crippen LogP contribution < -0.4 is 4.74 Å². The zero-order valence-electron chi connectivity index (χ0n) is 16.1. The number of carbonyl (C=O) groups excluding carboxylic acids is 1. The van der Waals surface area contributed by atoms with E-state index in [2.05, 4.69) is 4.98 Å². The minimum atomic E-state index is -0.834. The van der Waals surface area contributed by atoms with Gasteiger partial charge in [0.15, 0.2) is 17.2 Å². The van der Waals surface area contributed by atoms with Crippen LogP contribution in [0.3, 0.4) is 0 Å². The summed E-state index contributed by atoms with van der Waals surface area (Å²) in [5, 5.41) is 9.28. The first-order valence-electron chi connectivity index (χ1n) is 9.85. The van der Waals surface area contributed by atoms with Gasteiger partial charge in [0.25, 0.3) is 0 Å². The van der Waals surface area contributed by atoms with E-state index in [4.69, 9.17) is 4.74 Å². The number of aromatic nitrogens is 2. The fourth-order valence-corrected chi connectivity index (χ4v) is 4.32. The lowest BCUT2D eigenvalue weighted by Gasteiger charge is -2.18. The number of rotatable bonds is 9. The topological polar surface area (TPSA) is 80.9 Å². The number of carbonyl (C=O) groups is 2. The van der Waals surface area contributed by atoms with Crippen LogP contribution in [0.5, 0.6) is 5.75 Å². The number of aryl methyl sites for hydroxylation is 1. The largest absolute Gasteiger partial charge is 0.490 e. The van der Waals surface area contributed by atoms with E-state index in [1.54, 1.807) is 4.40 Å². The first kappa shape index (κ1) is 19.4. The molecule has 1 aliphatic rings. The zero-order chi connectivity index (χ0) is 19.4. The molecule has 27 heavy (non-hydrogen) atoms. The summed E-state index contributed by atoms with van der Waals surface area (Å²) in [7, 11) is 0. The number of aliphatic carboxylic acids is 1. The van der Waals surface area contributed by atoms with Crippen LogP contribution in [0.2, 0.25) is 0 Å². The summed E-state index contributed by atoms with van der Waals surface area (Å²) in [6.45, 7) is 4.25. The molecule has 1 saturated carbocycles. The van der Waals surface area contributed by atoms with Crippen LogP contribution >= 0.6 is 0 Å². The lowest BCUT2D eigenvalue weighted by atomic mass is 9.87. The molecule has 3 rings (SSSR count). The maximum atomic E-state index is 13.1. The van der Waals surface area contributed by atoms with E-state index in [1.165, 1.54) is 12.8 Å². The Kier molecular flexibility index (Phi) is 6.14. The maximum absolute atomic E-state index is 13.1. The summed E-state index contributed by atoms with van der Waals surface area (Å²) in [5.74, 6) is 0.195. The van der Waals surface area contributed by atoms with Gasteiger partial charge in [0.1, 0.15) is 5.69 Å². The number of nitrogens with zero attached hydrogens (tertiary/aromatic N) is 2. The van der Waals surface area contributed by atoms with Crippen LogP contribution in [-0.4, -0.2) is 32.9 Å². The van der Waals surface area contributed by atoms with Gasteiger partial charge < -0.3 is 9.84 Å². The molecule has 2 heterocycles. The van der Waals surface area contributed by atoms with Gasteiger partial charge in [-0.15, -0.1) is 0 Å². The summed E-state index contributed by atoms with van der Waals surface area (Å²) in [6, 6.07) is 3.68. The Morgan fingerprint density at radius 2 is 2.07 bits per heavy atom. The monoisotopic (exact) mass is 372 g/mol. The normalized spacial score (nSPS) is 15.9. The van der Waals surface area contributed by atoms with Crippen LogP contribution in [0.15, 0.2) is 18.3 Å². The molecule has 2 aromatic heterocycles. The van der Waals surface area contributed by atoms with Crippen LogP contribution in [0.1, 0.15) is 68.1 Å². The SMILES string of the molecule is CCOc1cccn2c(C(=O)C[C@H](CC(=O)O)CC3CCCC3)c(C)nc12. The quantitative estimate of drug-likeness (QED) is 0.664. The molecular formula is C21H28N2O4. The summed E-state index contributed by atoms with van der Waals surface area (Å²) in [4.78, 5) is 28.9. The molecule has 2 aromatic rings. The lowest BCUT2D eigenvalue weighted by Crippen LogP contribution is -2.17. The average Bonchev–Trinajstić information content (AvgIpc) is 3.21. The molecular weight excluding hydrogens is 344 g/mol. The first-order chi connectivity index (χ1) is 13.0. The van der Waals surface area contributed by atoms with Crippen LogP contribution in [-0.2, 0) is 4.79 Å². The average molecular weight is 372 g/mol. The van der Waals surface area contributed by atoms with Gasteiger partial charge in [0.2, 0.25) is 0 Å². The third kappa shape index (κ3) is 4.49. The number of hydrogen-bond acceptors (Lipinski definition) is 4. The molecule has 0 aromatic carbocycles. The van der Waals surface area contributed by atoms with Gasteiger partial charge in [0, 0.05) is 19.0 Å². The zero-order valence-corrected chi connectivity index (χ0v) is 16.1. The summed E-state index contributed by atoms with van der Waals surface area (Å²) in [6.07, 6.45) is 7.65. The summed E-state index contributed by atoms with van der Waals surface area (Å²) in [5.41, 5.74) is 1.82. The highest BCUT2D eigenvalue weighted by Gasteiger charge is 2.27. The van der Waals surface area contributed by atoms with Crippen molar-refractivity contribution in [2.24, 2.45) is 11.8 Å². The number of pyridine rings is 1. The number of hydrogen-bond donors (Lipinski definition) is 1. The van der Waals surface area contributed by atoms with Crippen molar-refractivity contribution in [1.29, 1.82) is 0 Å². The van der Waals surface area contributed by atoms with Gasteiger partial charge in [-0.2, -0.15) is 0 Å². The fourth-order valence-electron chi connectivity index (χ4n) is 4.32. The molecule has 1 N–H and O–H groups in total. The maximum Gasteiger partial charge on any atom is 0.303 e. The molecule has 1 fully saturated rings. The highest BCUT2D eigenvalue weighted by molar-refractivity contribution is 5.97. The molecule has 0 radical (unpaired) electrons. The molecule has 0 spiro atoms. The minimum absolute atomic E-state index is 0.0436. The third-order valence-electron chi connectivity index (χ3n) is 5.43. The van der Waals surface area contributed by atoms with E-state index in [0.29, 0.717) is 35.3 Å². The van der Waals surface area contributed by atoms with E-state index >= 15 is 0 Å². The van der Waals surface area contributed by atoms with Crippen LogP contribution in [0, 0.1) is 18.8 Å². The summed E-state index contributed by atoms with van der Waals surface area (Å²) < 4.78 is 7.39. The second-order valence-corrected chi connectivity index (χ2v) is 7.52. The van der Waals surface area contributed by atoms with Gasteiger partial charge in [-0.3, -0.25) is 14.0 Å². The second-order valence-electron chi connectivity index (χ2n) is 7.52. The van der Waals surface area contributed by atoms with Crippen LogP contribution in [0.25, 0.3) is 5.65 Å². The minimum Gasteiger partial charge on any atom is -0.490 e. The van der Waals surface area contributed by atoms with Crippen LogP contribution in [0.4, 0.5) is 0 Å². The first-order valence-corrected chi connectivity index (χ1v) is 9.85. The fraction of sp³-hybridized carbons (Fsp3) is 0.571. The molecule has 0 saturated heterocycles. The van der Waals surface area contributed by atoms with E-state index in [9.17, 15) is 14.7 Å². The van der Waals surface area contributed by atoms with Crippen molar-refractivity contribution < 1.29 is 19.4 Å². The molecule has 146 valence electrons. The van der Waals surface area contributed by atoms with Crippen molar-refractivity contribution in [2.45, 2.75) is 58.8 Å². The Hall–Kier alpha value is -2.37. The number of imidazole rings is 1. The Balaban J connectivity index is 1.83. The Labute approximate surface area is 159 Å². The van der Waals surface area contributed by atoms with Crippen molar-refractivity contribution in [3.63, 3.8) is 0 Å². The molecule has 0 unspecified atom stereocenters. The number of ether oxygens (including phenoxy) is 1. The lowest BCUT2D eigenvalue weighted by molar-refractivity contribution is -0.138. The number of ketones is 1. The molecule has 6 heteroatoms. The molecule has 0 bridgehead atoms. The van der Waals surface area contributed by atoms with Gasteiger partial charge >= 0.3 is 5.97 Å². The number of fused-ring (bicyclic) bond motifs is 1. The number of carboxylic acid groups (broad SMARTS) is 1. The van der Waals surface area contributed by atoms with E-state index in [0.717, 1.165) is 19.3 Å². The standard InChI is InChI=1S/C21H28N2O4/c1-3-27-18-9-6-10-23-20(14(2)22-21(18)23)17(24)12-16(13-19(25)26)11-15-7-4-5-8-15/h6,9-10,15-16H,3-5,7-8,11-13H2,1-2H3,(H,25,26)/t16-/m1/s1. The Morgan fingerprint density at radius 3 is 2.74 bits per heavy atom. The Bertz CT molecular complexity index is 821. The predicted molar refractivity (Wildman–Crippen MR) is 102 cm³/mol. The number of carboxylic acids is 1. The van der Waals surface area contributed by atoms with Crippen molar-refractivity contribution in [3.8, 4) is 5.75 Å². The molecule has 1 atom stereocenters. The molecule has 0 amide bonds. The van der Waals surface area contributed by atoms with E-state index in [1.807, 2.05) is 32.2 Å². The highest BCUT2D eigenvalue weighted by Crippen LogP contribution is 2.33. The van der Waals surface area contributed by atoms with Gasteiger partial charge in [-0.05, 0) is 44.2 Å². The van der Waals surface area contributed by atoms with Gasteiger partial charge in [-0.1, -0.05) is 25.7 Å². The number of Topliss-reactive ketones (excluding diaryl/α,β-unsaturated/α-hetero) is 1. The third-order valence-corrected chi connectivity index (χ3v) is 5.43. The highest BCUT2D eigenvalue weighted by atomic mass is 16.5. The van der Waals surface area contributed by atoms with E-state index in [-0.39, 0.29) is 24.5 Å². The molecule has 0 aliphatic heterocycles. The van der Waals surface area contributed by atoms with Crippen molar-refractivity contribution in [2.75, 3.05) is 6.61 Å². The van der Waals surface area contributed by atoms with Gasteiger partial charge in [0.05, 0.1) is 12.3 Å². The van der Waals surface area contributed by atoms with Crippen molar-refractivity contribution in [1.82, 2.24) is 9.38 Å². The van der Waals surface area contributed by atoms with Gasteiger partial charge in [-0.25, -0.2) is 4.98 Å². The van der Waals surface area contributed by atoms with Crippen molar-refractivity contribution >= 4 is 17.4 Å². The smallest absolute Gasteiger partial charge is 0.303 e. The molecule has 1 aliphatic carbocycles. The summed E-state index contributed by atoms with van der Waals surface area (Å²) >= 11 is 0. The Morgan fingerprint density at radius 1 is 1.33 bits per heavy atom. The second kappa shape index (κ2) is 8.55. The molecule has 6 nitrogen and oxygen atoms in total.